The molecule has 0 aliphatic carbocycles. The Kier molecular flexibility index (Phi) is 10.4. The molecule has 2 aromatic rings. The van der Waals surface area contributed by atoms with Crippen LogP contribution < -0.4 is 11.1 Å². The summed E-state index contributed by atoms with van der Waals surface area (Å²) >= 11 is 5.99. The van der Waals surface area contributed by atoms with E-state index in [1.807, 2.05) is 0 Å². The molecule has 12 atom stereocenters. The molecule has 2 fully saturated rings. The molecular weight excluding hydrogens is 652 g/mol. The van der Waals surface area contributed by atoms with Crippen LogP contribution in [-0.2, 0) is 39.2 Å². The first-order valence-electron chi connectivity index (χ1n) is 12.2. The summed E-state index contributed by atoms with van der Waals surface area (Å²) in [6, 6.07) is -1.04. The van der Waals surface area contributed by atoms with Crippen LogP contribution in [-0.4, -0.2) is 115 Å². The van der Waals surface area contributed by atoms with E-state index in [4.69, 9.17) is 36.6 Å². The van der Waals surface area contributed by atoms with Gasteiger partial charge in [-0.2, -0.15) is 0 Å². The summed E-state index contributed by atoms with van der Waals surface area (Å²) in [4.78, 5) is 28.7. The highest BCUT2D eigenvalue weighted by Crippen LogP contribution is 2.62. The molecule has 0 amide bonds. The van der Waals surface area contributed by atoms with Crippen LogP contribution >= 0.6 is 25.9 Å². The molecule has 22 heteroatoms. The Morgan fingerprint density at radius 3 is 2.60 bits per heavy atom. The molecule has 0 radical (unpaired) electrons. The van der Waals surface area contributed by atoms with Gasteiger partial charge in [0.25, 0.3) is 0 Å². The predicted molar refractivity (Wildman–Crippen MR) is 145 cm³/mol. The third-order valence-electron chi connectivity index (χ3n) is 6.79. The van der Waals surface area contributed by atoms with Crippen LogP contribution in [0, 0.1) is 0 Å². The number of nitrogen functional groups attached to an aromatic ring is 1. The first-order valence-corrected chi connectivity index (χ1v) is 17.1. The maximum atomic E-state index is 16.1. The van der Waals surface area contributed by atoms with Crippen molar-refractivity contribution in [3.05, 3.63) is 17.3 Å². The van der Waals surface area contributed by atoms with Crippen LogP contribution in [0.3, 0.4) is 0 Å². The molecule has 0 spiro atoms. The van der Waals surface area contributed by atoms with E-state index in [9.17, 15) is 34.1 Å². The number of phosphoric acid groups is 1. The van der Waals surface area contributed by atoms with Crippen molar-refractivity contribution in [3.63, 3.8) is 0 Å². The monoisotopic (exact) mass is 682 g/mol. The van der Waals surface area contributed by atoms with Gasteiger partial charge in [-0.3, -0.25) is 4.52 Å². The largest absolute Gasteiger partial charge is 0.481 e. The van der Waals surface area contributed by atoms with Crippen LogP contribution in [0.15, 0.2) is 11.7 Å². The van der Waals surface area contributed by atoms with Gasteiger partial charge in [0.2, 0.25) is 0 Å². The number of alkyl halides is 2. The summed E-state index contributed by atoms with van der Waals surface area (Å²) < 4.78 is 68.4. The molecule has 0 saturated carbocycles. The molecule has 0 bridgehead atoms. The smallest absolute Gasteiger partial charge is 0.393 e. The van der Waals surface area contributed by atoms with Crippen LogP contribution in [0.1, 0.15) is 18.6 Å². The van der Waals surface area contributed by atoms with Gasteiger partial charge in [-0.1, -0.05) is 0 Å². The van der Waals surface area contributed by atoms with Gasteiger partial charge in [0.1, 0.15) is 48.8 Å². The van der Waals surface area contributed by atoms with Gasteiger partial charge in [0.05, 0.1) is 29.5 Å². The zero-order valence-corrected chi connectivity index (χ0v) is 25.3. The van der Waals surface area contributed by atoms with E-state index < -0.39 is 88.6 Å². The maximum Gasteiger partial charge on any atom is 0.481 e. The molecule has 0 aromatic carbocycles. The summed E-state index contributed by atoms with van der Waals surface area (Å²) in [7, 11) is -4.01. The normalized spacial score (nSPS) is 37.4. The van der Waals surface area contributed by atoms with Crippen molar-refractivity contribution in [1.82, 2.24) is 15.3 Å². The highest BCUT2D eigenvalue weighted by atomic mass is 32.5. The third-order valence-corrected chi connectivity index (χ3v) is 11.3. The summed E-state index contributed by atoms with van der Waals surface area (Å²) in [6.45, 7) is -5.17. The zero-order chi connectivity index (χ0) is 31.2. The van der Waals surface area contributed by atoms with Gasteiger partial charge < -0.3 is 55.3 Å². The molecule has 42 heavy (non-hydrogen) atoms. The standard InChI is InChI=1S/C20H30F2N4O12P2S2/c1-20(22)16(24-2)9(35-17(20)7-5-42-15-10(7)25-6-26-18(15)23)4-34-40(33,41)38-39(31,32)37-19-13(30)11(28)12(29)14(36-19)8(21)3-27/h5-6,8-9,11-14,16-17,19,24,27-30H,3-4H2,1-2H3,(H,31,32)(H,33,41)(H2,23,25,26)/t8-,9+,11?,12?,13?,14?,16+,17-,19?,20+,40?/m0/s1. The number of hydrogen-bond donors (Lipinski definition) is 8. The van der Waals surface area contributed by atoms with Crippen molar-refractivity contribution in [2.75, 3.05) is 26.0 Å². The quantitative estimate of drug-likeness (QED) is 0.140. The van der Waals surface area contributed by atoms with Gasteiger partial charge in [-0.05, 0) is 31.2 Å². The average Bonchev–Trinajstić information content (AvgIpc) is 3.44. The molecule has 238 valence electrons. The molecule has 2 aliphatic rings. The van der Waals surface area contributed by atoms with E-state index in [2.05, 4.69) is 24.1 Å². The highest BCUT2D eigenvalue weighted by Gasteiger charge is 2.56. The summed E-state index contributed by atoms with van der Waals surface area (Å²) in [5.41, 5.74) is 4.59. The van der Waals surface area contributed by atoms with E-state index in [0.29, 0.717) is 15.8 Å². The highest BCUT2D eigenvalue weighted by molar-refractivity contribution is 8.08. The van der Waals surface area contributed by atoms with E-state index in [1.165, 1.54) is 31.6 Å². The number of nitrogens with one attached hydrogen (secondary N) is 1. The molecule has 9 N–H and O–H groups in total. The minimum Gasteiger partial charge on any atom is -0.393 e. The van der Waals surface area contributed by atoms with Gasteiger partial charge in [-0.15, -0.1) is 11.3 Å². The fraction of sp³-hybridized carbons (Fsp3) is 0.700. The number of rotatable bonds is 11. The second-order valence-electron chi connectivity index (χ2n) is 9.66. The van der Waals surface area contributed by atoms with Crippen LogP contribution in [0.2, 0.25) is 0 Å². The Bertz CT molecular complexity index is 1360. The van der Waals surface area contributed by atoms with Crippen molar-refractivity contribution < 1.29 is 66.4 Å². The molecule has 7 unspecified atom stereocenters. The number of fused-ring (bicyclic) bond motifs is 1. The van der Waals surface area contributed by atoms with E-state index in [0.717, 1.165) is 0 Å². The Labute approximate surface area is 246 Å². The lowest BCUT2D eigenvalue weighted by Crippen LogP contribution is -2.60. The number of nitrogens with zero attached hydrogens (tertiary/aromatic N) is 2. The van der Waals surface area contributed by atoms with Gasteiger partial charge >= 0.3 is 14.5 Å². The second kappa shape index (κ2) is 12.8. The number of phosphoric ester groups is 1. The number of aliphatic hydroxyl groups excluding tert-OH is 4. The Balaban J connectivity index is 1.44. The first-order chi connectivity index (χ1) is 19.5. The van der Waals surface area contributed by atoms with Gasteiger partial charge in [-0.25, -0.2) is 27.6 Å². The summed E-state index contributed by atoms with van der Waals surface area (Å²) in [6.07, 6.45) is -13.9. The predicted octanol–water partition coefficient (Wildman–Crippen LogP) is -0.465. The lowest BCUT2D eigenvalue weighted by atomic mass is 9.89. The number of hydrogen-bond acceptors (Lipinski definition) is 16. The number of aromatic nitrogens is 2. The fourth-order valence-corrected chi connectivity index (χ4v) is 8.84. The van der Waals surface area contributed by atoms with E-state index in [-0.39, 0.29) is 5.82 Å². The van der Waals surface area contributed by atoms with Crippen molar-refractivity contribution in [2.24, 2.45) is 0 Å². The molecule has 2 aliphatic heterocycles. The van der Waals surface area contributed by atoms with Gasteiger partial charge in [0, 0.05) is 5.56 Å². The molecule has 4 heterocycles. The number of anilines is 1. The van der Waals surface area contributed by atoms with Gasteiger partial charge in [0.15, 0.2) is 18.1 Å². The van der Waals surface area contributed by atoms with Crippen molar-refractivity contribution in [3.8, 4) is 0 Å². The second-order valence-corrected chi connectivity index (χ2v) is 14.9. The van der Waals surface area contributed by atoms with Crippen LogP contribution in [0.25, 0.3) is 10.2 Å². The number of ether oxygens (including phenoxy) is 2. The molecule has 4 rings (SSSR count). The molecule has 16 nitrogen and oxygen atoms in total. The fourth-order valence-electron chi connectivity index (χ4n) is 4.80. The Morgan fingerprint density at radius 2 is 1.95 bits per heavy atom. The first kappa shape index (κ1) is 34.0. The molecule has 2 saturated heterocycles. The summed E-state index contributed by atoms with van der Waals surface area (Å²) in [5, 5.41) is 43.3. The molecule has 2 aromatic heterocycles. The zero-order valence-electron chi connectivity index (χ0n) is 21.8. The maximum absolute atomic E-state index is 16.1. The Hall–Kier alpha value is -0.900. The topological polar surface area (TPSA) is 248 Å². The third kappa shape index (κ3) is 6.84. The van der Waals surface area contributed by atoms with Crippen molar-refractivity contribution in [2.45, 2.75) is 67.7 Å². The van der Waals surface area contributed by atoms with Crippen LogP contribution in [0.4, 0.5) is 14.6 Å². The Morgan fingerprint density at radius 1 is 1.26 bits per heavy atom. The number of halogens is 2. The molecular formula is C20H30F2N4O12P2S2. The minimum absolute atomic E-state index is 0.207. The van der Waals surface area contributed by atoms with Crippen LogP contribution in [0.5, 0.6) is 0 Å². The summed E-state index contributed by atoms with van der Waals surface area (Å²) in [5.74, 6) is 0.207. The average molecular weight is 683 g/mol. The minimum atomic E-state index is -5.47. The van der Waals surface area contributed by atoms with Crippen molar-refractivity contribution in [1.29, 1.82) is 0 Å². The number of thiophene rings is 1. The number of nitrogens with two attached hydrogens (primary N) is 1. The number of likely N-dealkylation sites (N-methyl/N-ethyl adjacent to an activating group) is 1. The lowest BCUT2D eigenvalue weighted by molar-refractivity contribution is -0.287. The van der Waals surface area contributed by atoms with E-state index >= 15 is 4.39 Å². The van der Waals surface area contributed by atoms with E-state index in [1.54, 1.807) is 5.38 Å². The lowest BCUT2D eigenvalue weighted by Gasteiger charge is -2.41. The van der Waals surface area contributed by atoms with Crippen molar-refractivity contribution >= 4 is 53.7 Å². The number of aliphatic hydroxyl groups is 4. The SMILES string of the molecule is CN[C@@H]1[C@@H](COP(O)(=S)OP(=O)(O)OC2OC([C@@H](F)CO)C(O)C(O)C2O)O[C@@H](c2csc3c(N)ncnc23)[C@]1(C)F.